The molecule has 2 aromatic carbocycles. The second-order valence-electron chi connectivity index (χ2n) is 9.49. The van der Waals surface area contributed by atoms with Crippen molar-refractivity contribution < 1.29 is 22.4 Å². The number of benzene rings is 2. The average Bonchev–Trinajstić information content (AvgIpc) is 3.08. The van der Waals surface area contributed by atoms with Crippen LogP contribution >= 0.6 is 0 Å². The van der Waals surface area contributed by atoms with E-state index in [-0.39, 0.29) is 10.8 Å². The Kier molecular flexibility index (Phi) is 7.10. The Labute approximate surface area is 196 Å². The molecule has 33 heavy (non-hydrogen) atoms. The van der Waals surface area contributed by atoms with Crippen molar-refractivity contribution in [1.82, 2.24) is 4.72 Å². The number of furan rings is 1. The lowest BCUT2D eigenvalue weighted by Gasteiger charge is -2.26. The fraction of sp³-hybridized carbons (Fsp3) is 0.480. The van der Waals surface area contributed by atoms with E-state index in [4.69, 9.17) is 9.15 Å². The fourth-order valence-corrected chi connectivity index (χ4v) is 5.10. The molecule has 3 aromatic rings. The highest BCUT2D eigenvalue weighted by atomic mass is 32.2. The summed E-state index contributed by atoms with van der Waals surface area (Å²) in [5, 5.41) is 1.77. The van der Waals surface area contributed by atoms with Gasteiger partial charge in [0.15, 0.2) is 0 Å². The number of hydrogen-bond acceptors (Lipinski definition) is 6. The van der Waals surface area contributed by atoms with Crippen molar-refractivity contribution in [3.8, 4) is 0 Å². The monoisotopic (exact) mass is 474 g/mol. The molecule has 7 nitrogen and oxygen atoms in total. The van der Waals surface area contributed by atoms with Gasteiger partial charge in [0, 0.05) is 35.6 Å². The van der Waals surface area contributed by atoms with Crippen molar-refractivity contribution >= 4 is 43.6 Å². The van der Waals surface area contributed by atoms with Gasteiger partial charge in [0.2, 0.25) is 10.0 Å². The molecule has 0 unspecified atom stereocenters. The predicted molar refractivity (Wildman–Crippen MR) is 132 cm³/mol. The van der Waals surface area contributed by atoms with E-state index >= 15 is 0 Å². The number of nitrogens with zero attached hydrogens (tertiary/aromatic N) is 1. The molecule has 1 atom stereocenters. The fourth-order valence-electron chi connectivity index (χ4n) is 3.75. The number of fused-ring (bicyclic) bond motifs is 3. The van der Waals surface area contributed by atoms with Crippen LogP contribution in [0.4, 0.5) is 5.69 Å². The maximum absolute atomic E-state index is 13.1. The second kappa shape index (κ2) is 9.35. The molecule has 0 aliphatic carbocycles. The van der Waals surface area contributed by atoms with Crippen molar-refractivity contribution in [2.24, 2.45) is 5.92 Å². The first-order valence-corrected chi connectivity index (χ1v) is 12.8. The number of rotatable bonds is 8. The first kappa shape index (κ1) is 25.1. The first-order valence-electron chi connectivity index (χ1n) is 11.3. The molecule has 1 N–H and O–H groups in total. The SMILES string of the molecule is CCN(CC)c1ccc2oc3cc(S(=O)(=O)N[C@H](C(=O)OC(C)(C)C)C(C)C)ccc3c2c1. The zero-order valence-corrected chi connectivity index (χ0v) is 21.2. The number of anilines is 1. The molecule has 1 aromatic heterocycles. The van der Waals surface area contributed by atoms with E-state index in [0.29, 0.717) is 11.2 Å². The quantitative estimate of drug-likeness (QED) is 0.458. The lowest BCUT2D eigenvalue weighted by Crippen LogP contribution is -2.47. The van der Waals surface area contributed by atoms with E-state index in [1.165, 1.54) is 12.1 Å². The Morgan fingerprint density at radius 3 is 2.27 bits per heavy atom. The summed E-state index contributed by atoms with van der Waals surface area (Å²) in [7, 11) is -3.98. The number of carbonyl (C=O) groups excluding carboxylic acids is 1. The van der Waals surface area contributed by atoms with Gasteiger partial charge in [-0.3, -0.25) is 4.79 Å². The molecule has 8 heteroatoms. The van der Waals surface area contributed by atoms with E-state index in [2.05, 4.69) is 29.5 Å². The standard InChI is InChI=1S/C25H34N2O5S/c1-8-27(9-2)17-10-13-21-20(14-17)19-12-11-18(15-22(19)31-21)33(29,30)26-23(16(3)4)24(28)32-25(5,6)7/h10-16,23,26H,8-9H2,1-7H3/t23-/m0/s1. The minimum absolute atomic E-state index is 0.0345. The van der Waals surface area contributed by atoms with Gasteiger partial charge < -0.3 is 14.1 Å². The summed E-state index contributed by atoms with van der Waals surface area (Å²) in [5.74, 6) is -0.891. The van der Waals surface area contributed by atoms with Gasteiger partial charge in [-0.25, -0.2) is 8.42 Å². The van der Waals surface area contributed by atoms with Crippen molar-refractivity contribution in [2.45, 2.75) is 65.0 Å². The molecule has 0 bridgehead atoms. The summed E-state index contributed by atoms with van der Waals surface area (Å²) in [6.45, 7) is 14.8. The minimum atomic E-state index is -3.98. The first-order chi connectivity index (χ1) is 15.4. The number of carbonyl (C=O) groups is 1. The Hall–Kier alpha value is -2.58. The van der Waals surface area contributed by atoms with E-state index in [0.717, 1.165) is 29.5 Å². The van der Waals surface area contributed by atoms with Crippen LogP contribution in [-0.4, -0.2) is 39.1 Å². The molecule has 0 spiro atoms. The maximum atomic E-state index is 13.1. The van der Waals surface area contributed by atoms with Crippen LogP contribution in [0.3, 0.4) is 0 Å². The van der Waals surface area contributed by atoms with E-state index in [9.17, 15) is 13.2 Å². The number of nitrogens with one attached hydrogen (secondary N) is 1. The molecular formula is C25H34N2O5S. The molecule has 0 aliphatic rings. The Balaban J connectivity index is 1.97. The number of esters is 1. The molecule has 0 aliphatic heterocycles. The van der Waals surface area contributed by atoms with Crippen LogP contribution in [0.2, 0.25) is 0 Å². The summed E-state index contributed by atoms with van der Waals surface area (Å²) in [5.41, 5.74) is 1.54. The van der Waals surface area contributed by atoms with Crippen LogP contribution in [0.15, 0.2) is 45.7 Å². The molecule has 0 saturated heterocycles. The third-order valence-electron chi connectivity index (χ3n) is 5.47. The van der Waals surface area contributed by atoms with Crippen LogP contribution < -0.4 is 9.62 Å². The maximum Gasteiger partial charge on any atom is 0.324 e. The minimum Gasteiger partial charge on any atom is -0.459 e. The van der Waals surface area contributed by atoms with Gasteiger partial charge in [0.1, 0.15) is 22.8 Å². The molecule has 0 fully saturated rings. The van der Waals surface area contributed by atoms with Crippen LogP contribution in [0, 0.1) is 5.92 Å². The van der Waals surface area contributed by atoms with E-state index < -0.39 is 27.6 Å². The van der Waals surface area contributed by atoms with Gasteiger partial charge in [0.25, 0.3) is 0 Å². The normalized spacial score (nSPS) is 13.6. The van der Waals surface area contributed by atoms with Crippen molar-refractivity contribution in [3.05, 3.63) is 36.4 Å². The molecular weight excluding hydrogens is 440 g/mol. The van der Waals surface area contributed by atoms with E-state index in [1.54, 1.807) is 40.7 Å². The van der Waals surface area contributed by atoms with Crippen LogP contribution in [-0.2, 0) is 19.6 Å². The smallest absolute Gasteiger partial charge is 0.324 e. The molecule has 3 rings (SSSR count). The average molecular weight is 475 g/mol. The Morgan fingerprint density at radius 1 is 1.03 bits per heavy atom. The van der Waals surface area contributed by atoms with Gasteiger partial charge >= 0.3 is 5.97 Å². The summed E-state index contributed by atoms with van der Waals surface area (Å²) < 4.78 is 40.1. The lowest BCUT2D eigenvalue weighted by atomic mass is 10.1. The van der Waals surface area contributed by atoms with Crippen LogP contribution in [0.1, 0.15) is 48.5 Å². The van der Waals surface area contributed by atoms with Gasteiger partial charge in [-0.2, -0.15) is 4.72 Å². The Morgan fingerprint density at radius 2 is 1.70 bits per heavy atom. The topological polar surface area (TPSA) is 88.9 Å². The number of ether oxygens (including phenoxy) is 1. The van der Waals surface area contributed by atoms with Gasteiger partial charge in [-0.15, -0.1) is 0 Å². The molecule has 1 heterocycles. The highest BCUT2D eigenvalue weighted by Gasteiger charge is 2.32. The Bertz CT molecular complexity index is 1250. The largest absolute Gasteiger partial charge is 0.459 e. The molecule has 0 radical (unpaired) electrons. The molecule has 180 valence electrons. The number of hydrogen-bond donors (Lipinski definition) is 1. The highest BCUT2D eigenvalue weighted by Crippen LogP contribution is 2.33. The predicted octanol–water partition coefficient (Wildman–Crippen LogP) is 5.08. The van der Waals surface area contributed by atoms with Crippen LogP contribution in [0.5, 0.6) is 0 Å². The second-order valence-corrected chi connectivity index (χ2v) is 11.2. The van der Waals surface area contributed by atoms with Gasteiger partial charge in [-0.05, 0) is 70.9 Å². The van der Waals surface area contributed by atoms with Crippen molar-refractivity contribution in [3.63, 3.8) is 0 Å². The van der Waals surface area contributed by atoms with Crippen molar-refractivity contribution in [2.75, 3.05) is 18.0 Å². The van der Waals surface area contributed by atoms with Crippen LogP contribution in [0.25, 0.3) is 21.9 Å². The summed E-state index contributed by atoms with van der Waals surface area (Å²) in [6.07, 6.45) is 0. The molecule has 0 saturated carbocycles. The van der Waals surface area contributed by atoms with E-state index in [1.807, 2.05) is 12.1 Å². The number of sulfonamides is 1. The highest BCUT2D eigenvalue weighted by molar-refractivity contribution is 7.89. The van der Waals surface area contributed by atoms with Crippen molar-refractivity contribution in [1.29, 1.82) is 0 Å². The van der Waals surface area contributed by atoms with Gasteiger partial charge in [-0.1, -0.05) is 13.8 Å². The zero-order chi connectivity index (χ0) is 24.6. The summed E-state index contributed by atoms with van der Waals surface area (Å²) in [4.78, 5) is 14.9. The molecule has 0 amide bonds. The zero-order valence-electron chi connectivity index (χ0n) is 20.4. The third kappa shape index (κ3) is 5.50. The lowest BCUT2D eigenvalue weighted by molar-refractivity contribution is -0.158. The summed E-state index contributed by atoms with van der Waals surface area (Å²) in [6, 6.07) is 9.77. The third-order valence-corrected chi connectivity index (χ3v) is 6.91. The summed E-state index contributed by atoms with van der Waals surface area (Å²) >= 11 is 0. The van der Waals surface area contributed by atoms with Gasteiger partial charge in [0.05, 0.1) is 4.90 Å².